The molecule has 0 aliphatic carbocycles. The second-order valence-electron chi connectivity index (χ2n) is 14.5. The summed E-state index contributed by atoms with van der Waals surface area (Å²) in [6.45, 7) is 0. The smallest absolute Gasteiger partial charge is 0.136 e. The molecule has 0 saturated carbocycles. The van der Waals surface area contributed by atoms with Gasteiger partial charge in [-0.05, 0) is 109 Å². The van der Waals surface area contributed by atoms with Gasteiger partial charge >= 0.3 is 0 Å². The Bertz CT molecular complexity index is 3240. The predicted molar refractivity (Wildman–Crippen MR) is 237 cm³/mol. The van der Waals surface area contributed by atoms with Crippen LogP contribution in [0.4, 0.5) is 17.1 Å². The molecule has 2 heteroatoms. The normalized spacial score (nSPS) is 11.6. The lowest BCUT2D eigenvalue weighted by molar-refractivity contribution is 0.669. The molecule has 0 N–H and O–H groups in total. The Balaban J connectivity index is 1.06. The van der Waals surface area contributed by atoms with E-state index in [0.717, 1.165) is 50.1 Å². The van der Waals surface area contributed by atoms with Crippen molar-refractivity contribution in [2.45, 2.75) is 0 Å². The fraction of sp³-hybridized carbons (Fsp3) is 0. The molecule has 0 fully saturated rings. The molecule has 0 aliphatic rings. The Morgan fingerprint density at radius 1 is 0.304 bits per heavy atom. The van der Waals surface area contributed by atoms with Crippen LogP contribution in [0.1, 0.15) is 0 Å². The molecular formula is C54H35NO. The monoisotopic (exact) mass is 713 g/mol. The molecule has 0 amide bonds. The summed E-state index contributed by atoms with van der Waals surface area (Å²) in [6.07, 6.45) is 0. The molecule has 10 aromatic carbocycles. The van der Waals surface area contributed by atoms with E-state index in [9.17, 15) is 0 Å². The quantitative estimate of drug-likeness (QED) is 0.160. The Morgan fingerprint density at radius 2 is 0.821 bits per heavy atom. The van der Waals surface area contributed by atoms with Crippen LogP contribution in [0.25, 0.3) is 87.6 Å². The first-order valence-corrected chi connectivity index (χ1v) is 19.2. The second kappa shape index (κ2) is 13.2. The van der Waals surface area contributed by atoms with Crippen molar-refractivity contribution < 1.29 is 4.42 Å². The van der Waals surface area contributed by atoms with E-state index < -0.39 is 0 Å². The van der Waals surface area contributed by atoms with Gasteiger partial charge in [0.2, 0.25) is 0 Å². The minimum atomic E-state index is 0.901. The molecule has 0 spiro atoms. The fourth-order valence-electron chi connectivity index (χ4n) is 8.59. The van der Waals surface area contributed by atoms with E-state index in [-0.39, 0.29) is 0 Å². The molecule has 2 nitrogen and oxygen atoms in total. The van der Waals surface area contributed by atoms with Crippen molar-refractivity contribution in [3.63, 3.8) is 0 Å². The molecule has 262 valence electrons. The molecule has 0 radical (unpaired) electrons. The van der Waals surface area contributed by atoms with E-state index in [1.54, 1.807) is 0 Å². The van der Waals surface area contributed by atoms with E-state index >= 15 is 0 Å². The number of nitrogens with zero attached hydrogens (tertiary/aromatic N) is 1. The number of anilines is 3. The highest BCUT2D eigenvalue weighted by atomic mass is 16.3. The molecule has 0 unspecified atom stereocenters. The van der Waals surface area contributed by atoms with E-state index in [4.69, 9.17) is 4.42 Å². The highest BCUT2D eigenvalue weighted by Gasteiger charge is 2.19. The number of hydrogen-bond donors (Lipinski definition) is 0. The molecule has 11 rings (SSSR count). The Hall–Kier alpha value is -7.42. The lowest BCUT2D eigenvalue weighted by Crippen LogP contribution is -2.11. The summed E-state index contributed by atoms with van der Waals surface area (Å²) in [5.41, 5.74) is 12.2. The summed E-state index contributed by atoms with van der Waals surface area (Å²) in [7, 11) is 0. The van der Waals surface area contributed by atoms with Gasteiger partial charge in [0.05, 0.1) is 5.69 Å². The summed E-state index contributed by atoms with van der Waals surface area (Å²) < 4.78 is 6.25. The summed E-state index contributed by atoms with van der Waals surface area (Å²) in [5.74, 6) is 0. The van der Waals surface area contributed by atoms with Crippen LogP contribution in [0.15, 0.2) is 217 Å². The minimum Gasteiger partial charge on any atom is -0.456 e. The zero-order valence-corrected chi connectivity index (χ0v) is 30.6. The van der Waals surface area contributed by atoms with Crippen LogP contribution >= 0.6 is 0 Å². The predicted octanol–water partition coefficient (Wildman–Crippen LogP) is 15.5. The first-order valence-electron chi connectivity index (χ1n) is 19.2. The van der Waals surface area contributed by atoms with Gasteiger partial charge in [-0.2, -0.15) is 0 Å². The third-order valence-corrected chi connectivity index (χ3v) is 11.3. The summed E-state index contributed by atoms with van der Waals surface area (Å²) in [5, 5.41) is 9.80. The maximum Gasteiger partial charge on any atom is 0.136 e. The molecule has 0 saturated heterocycles. The van der Waals surface area contributed by atoms with Crippen molar-refractivity contribution >= 4 is 71.3 Å². The zero-order valence-electron chi connectivity index (χ0n) is 30.6. The number of fused-ring (bicyclic) bond motifs is 7. The number of benzene rings is 10. The zero-order chi connectivity index (χ0) is 37.0. The maximum absolute atomic E-state index is 6.25. The van der Waals surface area contributed by atoms with Crippen molar-refractivity contribution in [3.8, 4) is 33.4 Å². The maximum atomic E-state index is 6.25. The van der Waals surface area contributed by atoms with Gasteiger partial charge in [0.15, 0.2) is 0 Å². The van der Waals surface area contributed by atoms with Crippen LogP contribution < -0.4 is 4.90 Å². The van der Waals surface area contributed by atoms with E-state index in [0.29, 0.717) is 0 Å². The van der Waals surface area contributed by atoms with Crippen molar-refractivity contribution in [2.75, 3.05) is 4.90 Å². The van der Waals surface area contributed by atoms with E-state index in [1.165, 1.54) is 54.6 Å². The van der Waals surface area contributed by atoms with Gasteiger partial charge in [-0.25, -0.2) is 0 Å². The molecule has 1 heterocycles. The molecule has 0 bridgehead atoms. The summed E-state index contributed by atoms with van der Waals surface area (Å²) in [4.78, 5) is 2.39. The third-order valence-electron chi connectivity index (χ3n) is 11.3. The first-order chi connectivity index (χ1) is 27.8. The third kappa shape index (κ3) is 5.34. The minimum absolute atomic E-state index is 0.901. The standard InChI is InChI=1S/C54H35NO/c1-3-14-44-36(11-1)13-9-18-46(44)38-25-30-42(31-26-38)55(43-32-27-39(28-33-43)49-19-10-22-53-54(49)50-17-6-8-21-52(50)56-53)51-20-7-5-16-48(51)41-29-34-47-40(35-41)24-23-37-12-2-4-15-45(37)47/h1-35H. The average molecular weight is 714 g/mol. The fourth-order valence-corrected chi connectivity index (χ4v) is 8.59. The van der Waals surface area contributed by atoms with Gasteiger partial charge < -0.3 is 9.32 Å². The first kappa shape index (κ1) is 32.0. The molecule has 56 heavy (non-hydrogen) atoms. The lowest BCUT2D eigenvalue weighted by atomic mass is 9.95. The Kier molecular flexibility index (Phi) is 7.53. The van der Waals surface area contributed by atoms with Gasteiger partial charge in [0.25, 0.3) is 0 Å². The van der Waals surface area contributed by atoms with Crippen molar-refractivity contribution in [2.24, 2.45) is 0 Å². The van der Waals surface area contributed by atoms with Crippen LogP contribution in [0.3, 0.4) is 0 Å². The van der Waals surface area contributed by atoms with E-state index in [2.05, 4.69) is 205 Å². The van der Waals surface area contributed by atoms with Crippen LogP contribution in [-0.4, -0.2) is 0 Å². The van der Waals surface area contributed by atoms with Gasteiger partial charge in [0, 0.05) is 27.7 Å². The van der Waals surface area contributed by atoms with Crippen molar-refractivity contribution in [1.29, 1.82) is 0 Å². The second-order valence-corrected chi connectivity index (χ2v) is 14.5. The van der Waals surface area contributed by atoms with Crippen LogP contribution in [0.5, 0.6) is 0 Å². The molecule has 11 aromatic rings. The Labute approximate surface area is 325 Å². The number of rotatable bonds is 6. The van der Waals surface area contributed by atoms with Crippen molar-refractivity contribution in [1.82, 2.24) is 0 Å². The largest absolute Gasteiger partial charge is 0.456 e. The van der Waals surface area contributed by atoms with Crippen LogP contribution in [-0.2, 0) is 0 Å². The van der Waals surface area contributed by atoms with Crippen molar-refractivity contribution in [3.05, 3.63) is 212 Å². The molecule has 1 aromatic heterocycles. The SMILES string of the molecule is c1ccc(N(c2ccc(-c3cccc4ccccc34)cc2)c2ccc(-c3cccc4oc5ccccc5c34)cc2)c(-c2ccc3c(ccc4ccccc43)c2)c1. The van der Waals surface area contributed by atoms with Gasteiger partial charge in [-0.1, -0.05) is 164 Å². The summed E-state index contributed by atoms with van der Waals surface area (Å²) in [6, 6.07) is 76.6. The van der Waals surface area contributed by atoms with Gasteiger partial charge in [-0.15, -0.1) is 0 Å². The van der Waals surface area contributed by atoms with Gasteiger partial charge in [-0.3, -0.25) is 0 Å². The lowest BCUT2D eigenvalue weighted by Gasteiger charge is -2.28. The highest BCUT2D eigenvalue weighted by Crippen LogP contribution is 2.44. The van der Waals surface area contributed by atoms with E-state index in [1.807, 2.05) is 12.1 Å². The number of furan rings is 1. The van der Waals surface area contributed by atoms with Crippen LogP contribution in [0.2, 0.25) is 0 Å². The average Bonchev–Trinajstić information content (AvgIpc) is 3.66. The number of hydrogen-bond acceptors (Lipinski definition) is 2. The number of para-hydroxylation sites is 2. The molecule has 0 atom stereocenters. The molecule has 0 aliphatic heterocycles. The molecular weight excluding hydrogens is 679 g/mol. The topological polar surface area (TPSA) is 16.4 Å². The van der Waals surface area contributed by atoms with Gasteiger partial charge in [0.1, 0.15) is 11.2 Å². The highest BCUT2D eigenvalue weighted by molar-refractivity contribution is 6.12. The summed E-state index contributed by atoms with van der Waals surface area (Å²) >= 11 is 0. The van der Waals surface area contributed by atoms with Crippen LogP contribution in [0, 0.1) is 0 Å². The Morgan fingerprint density at radius 3 is 1.62 bits per heavy atom.